The van der Waals surface area contributed by atoms with Gasteiger partial charge in [0.1, 0.15) is 11.7 Å². The van der Waals surface area contributed by atoms with Gasteiger partial charge in [0.15, 0.2) is 42.2 Å². The Morgan fingerprint density at radius 2 is 1.50 bits per heavy atom. The van der Waals surface area contributed by atoms with E-state index >= 15 is 0 Å². The zero-order valence-corrected chi connectivity index (χ0v) is 36.5. The molecule has 1 aliphatic heterocycles. The summed E-state index contributed by atoms with van der Waals surface area (Å²) in [4.78, 5) is 37.5. The van der Waals surface area contributed by atoms with Crippen LogP contribution in [0.25, 0.3) is 22.6 Å². The van der Waals surface area contributed by atoms with Gasteiger partial charge in [-0.05, 0) is 79.6 Å². The summed E-state index contributed by atoms with van der Waals surface area (Å²) in [6, 6.07) is 0. The molecule has 1 saturated heterocycles. The highest BCUT2D eigenvalue weighted by Crippen LogP contribution is 2.56. The number of fused-ring (bicyclic) bond motifs is 1. The molecule has 11 nitrogen and oxygen atoms in total. The molecule has 4 N–H and O–H groups in total. The topological polar surface area (TPSA) is 146 Å². The van der Waals surface area contributed by atoms with Crippen molar-refractivity contribution < 1.29 is 18.8 Å². The van der Waals surface area contributed by atoms with Crippen LogP contribution in [0, 0.1) is 11.8 Å². The van der Waals surface area contributed by atoms with Crippen LogP contribution in [0.15, 0.2) is 18.7 Å². The highest BCUT2D eigenvalue weighted by atomic mass is 28.4. The Morgan fingerprint density at radius 1 is 0.900 bits per heavy atom. The molecule has 4 rings (SSSR count). The average molecular weight is 746 g/mol. The molecule has 0 spiro atoms. The monoisotopic (exact) mass is 745 g/mol. The highest BCUT2D eigenvalue weighted by Gasteiger charge is 2.54. The van der Waals surface area contributed by atoms with Gasteiger partial charge in [-0.3, -0.25) is 9.25 Å². The molecule has 0 aromatic carbocycles. The number of hydrogen-bond donors (Lipinski definition) is 3. The molecule has 1 aliphatic rings. The number of ether oxygens (including phenoxy) is 1. The third-order valence-electron chi connectivity index (χ3n) is 12.5. The SMILES string of the molecule is CCCCCn1cc(-c2nc(N)c3ncn(C4O[C@H](CO[Si](C)(C)C(C)(C)C)[C@@H](CC(C)(C)[Si](C)(C)O)[C@H]4CC(C)(C)[Si](C)(C)O)c3n2)cn1. The molecule has 0 radical (unpaired) electrons. The largest absolute Gasteiger partial charge is 0.432 e. The summed E-state index contributed by atoms with van der Waals surface area (Å²) < 4.78 is 18.0. The van der Waals surface area contributed by atoms with Gasteiger partial charge in [-0.2, -0.15) is 5.10 Å². The number of imidazole rings is 1. The molecule has 50 heavy (non-hydrogen) atoms. The number of aryl methyl sites for hydroxylation is 1. The first-order valence-electron chi connectivity index (χ1n) is 18.6. The van der Waals surface area contributed by atoms with Gasteiger partial charge in [0.2, 0.25) is 0 Å². The first-order chi connectivity index (χ1) is 22.8. The number of nitrogens with two attached hydrogens (primary N) is 1. The Hall–Kier alpha value is -1.95. The number of anilines is 1. The van der Waals surface area contributed by atoms with Gasteiger partial charge >= 0.3 is 0 Å². The van der Waals surface area contributed by atoms with Crippen molar-refractivity contribution in [1.82, 2.24) is 29.3 Å². The van der Waals surface area contributed by atoms with Gasteiger partial charge in [-0.1, -0.05) is 68.2 Å². The van der Waals surface area contributed by atoms with Crippen LogP contribution in [-0.4, -0.2) is 76.6 Å². The van der Waals surface area contributed by atoms with Gasteiger partial charge in [0, 0.05) is 18.7 Å². The second-order valence-electron chi connectivity index (χ2n) is 18.7. The lowest BCUT2D eigenvalue weighted by molar-refractivity contribution is -0.0353. The summed E-state index contributed by atoms with van der Waals surface area (Å²) in [7, 11) is -7.30. The van der Waals surface area contributed by atoms with E-state index in [4.69, 9.17) is 24.9 Å². The van der Waals surface area contributed by atoms with E-state index in [1.807, 2.05) is 41.6 Å². The summed E-state index contributed by atoms with van der Waals surface area (Å²) in [5.74, 6) is 0.836. The van der Waals surface area contributed by atoms with E-state index in [1.165, 1.54) is 0 Å². The molecule has 0 saturated carbocycles. The molecule has 4 heterocycles. The molecular formula is C36H67N7O4Si3. The maximum Gasteiger partial charge on any atom is 0.192 e. The second-order valence-corrected chi connectivity index (χ2v) is 32.5. The third kappa shape index (κ3) is 8.63. The Balaban J connectivity index is 1.84. The van der Waals surface area contributed by atoms with Crippen molar-refractivity contribution in [3.63, 3.8) is 0 Å². The molecule has 3 aromatic heterocycles. The van der Waals surface area contributed by atoms with Crippen LogP contribution < -0.4 is 5.73 Å². The molecule has 0 amide bonds. The van der Waals surface area contributed by atoms with Crippen molar-refractivity contribution in [2.45, 2.75) is 161 Å². The number of rotatable bonds is 15. The number of hydrogen-bond acceptors (Lipinski definition) is 9. The Labute approximate surface area is 304 Å². The Morgan fingerprint density at radius 3 is 2.06 bits per heavy atom. The molecule has 3 aromatic rings. The molecule has 1 fully saturated rings. The predicted molar refractivity (Wildman–Crippen MR) is 211 cm³/mol. The lowest BCUT2D eigenvalue weighted by Gasteiger charge is -2.43. The van der Waals surface area contributed by atoms with E-state index in [2.05, 4.69) is 78.6 Å². The van der Waals surface area contributed by atoms with E-state index in [1.54, 1.807) is 12.5 Å². The number of unbranched alkanes of at least 4 members (excludes halogenated alkanes) is 2. The predicted octanol–water partition coefficient (Wildman–Crippen LogP) is 8.35. The van der Waals surface area contributed by atoms with E-state index in [-0.39, 0.29) is 33.1 Å². The zero-order valence-electron chi connectivity index (χ0n) is 33.5. The van der Waals surface area contributed by atoms with Gasteiger partial charge in [-0.25, -0.2) is 15.0 Å². The van der Waals surface area contributed by atoms with E-state index in [0.29, 0.717) is 29.4 Å². The van der Waals surface area contributed by atoms with E-state index < -0.39 is 31.2 Å². The maximum atomic E-state index is 11.6. The molecule has 4 atom stereocenters. The minimum absolute atomic E-state index is 0.0223. The first kappa shape index (κ1) is 40.8. The smallest absolute Gasteiger partial charge is 0.192 e. The van der Waals surface area contributed by atoms with Crippen molar-refractivity contribution in [3.8, 4) is 11.4 Å². The summed E-state index contributed by atoms with van der Waals surface area (Å²) in [6.07, 6.45) is 9.75. The van der Waals surface area contributed by atoms with Crippen molar-refractivity contribution in [2.24, 2.45) is 11.8 Å². The number of aromatic nitrogens is 6. The van der Waals surface area contributed by atoms with Crippen molar-refractivity contribution >= 4 is 41.9 Å². The Bertz CT molecular complexity index is 1600. The van der Waals surface area contributed by atoms with Gasteiger partial charge in [0.25, 0.3) is 0 Å². The second kappa shape index (κ2) is 14.5. The molecule has 0 aliphatic carbocycles. The molecule has 1 unspecified atom stereocenters. The van der Waals surface area contributed by atoms with Crippen molar-refractivity contribution in [1.29, 1.82) is 0 Å². The van der Waals surface area contributed by atoms with Crippen LogP contribution >= 0.6 is 0 Å². The number of nitrogen functional groups attached to an aromatic ring is 1. The van der Waals surface area contributed by atoms with Gasteiger partial charge in [0.05, 0.1) is 30.8 Å². The highest BCUT2D eigenvalue weighted by molar-refractivity contribution is 6.74. The normalized spacial score (nSPS) is 21.4. The zero-order chi connectivity index (χ0) is 37.7. The summed E-state index contributed by atoms with van der Waals surface area (Å²) in [5.41, 5.74) is 8.51. The molecule has 0 bridgehead atoms. The summed E-state index contributed by atoms with van der Waals surface area (Å²) in [5, 5.41) is 3.99. The third-order valence-corrected chi connectivity index (χ3v) is 24.1. The minimum Gasteiger partial charge on any atom is -0.432 e. The fourth-order valence-corrected chi connectivity index (χ4v) is 8.89. The lowest BCUT2D eigenvalue weighted by Crippen LogP contribution is -2.46. The minimum atomic E-state index is -2.61. The van der Waals surface area contributed by atoms with Gasteiger partial charge < -0.3 is 24.5 Å². The standard InChI is InChI=1S/C36H67N7O4Si3/c1-15-16-17-18-42-22-25(21-39-42)31-40-30(37)29-32(41-31)43(24-38-29)33-27(20-36(7,8)49(11,12)45)26(19-35(5,6)48(9,10)44)28(47-33)23-46-50(13,14)34(2,3)4/h21-22,24,26-28,33,44-45H,15-20,23H2,1-14H3,(H2,37,40,41)/t26-,27+,28+,33?/m0/s1. The van der Waals surface area contributed by atoms with Crippen LogP contribution in [0.2, 0.25) is 54.4 Å². The lowest BCUT2D eigenvalue weighted by atomic mass is 9.78. The van der Waals surface area contributed by atoms with Crippen LogP contribution in [0.3, 0.4) is 0 Å². The average Bonchev–Trinajstić information content (AvgIpc) is 3.68. The van der Waals surface area contributed by atoms with E-state index in [0.717, 1.165) is 44.2 Å². The van der Waals surface area contributed by atoms with Crippen LogP contribution in [0.5, 0.6) is 0 Å². The molecular weight excluding hydrogens is 679 g/mol. The number of nitrogens with zero attached hydrogens (tertiary/aromatic N) is 6. The van der Waals surface area contributed by atoms with Gasteiger partial charge in [-0.15, -0.1) is 0 Å². The summed E-state index contributed by atoms with van der Waals surface area (Å²) in [6.45, 7) is 31.7. The van der Waals surface area contributed by atoms with Crippen LogP contribution in [0.4, 0.5) is 5.82 Å². The van der Waals surface area contributed by atoms with E-state index in [9.17, 15) is 9.59 Å². The Kier molecular flexibility index (Phi) is 11.8. The first-order valence-corrected chi connectivity index (χ1v) is 27.4. The summed E-state index contributed by atoms with van der Waals surface area (Å²) >= 11 is 0. The van der Waals surface area contributed by atoms with Crippen LogP contribution in [-0.2, 0) is 15.7 Å². The fourth-order valence-electron chi connectivity index (χ4n) is 6.40. The fraction of sp³-hybridized carbons (Fsp3) is 0.778. The molecule has 282 valence electrons. The van der Waals surface area contributed by atoms with Crippen LogP contribution in [0.1, 0.15) is 93.7 Å². The van der Waals surface area contributed by atoms with Crippen molar-refractivity contribution in [3.05, 3.63) is 18.7 Å². The molecule has 14 heteroatoms. The van der Waals surface area contributed by atoms with Crippen molar-refractivity contribution in [2.75, 3.05) is 12.3 Å². The quantitative estimate of drug-likeness (QED) is 0.103. The maximum absolute atomic E-state index is 11.6.